The monoisotopic (exact) mass is 693 g/mol. The summed E-state index contributed by atoms with van der Waals surface area (Å²) in [7, 11) is 3.39. The number of carbonyl (C=O) groups is 2. The van der Waals surface area contributed by atoms with E-state index in [9.17, 15) is 18.8 Å². The molecule has 0 saturated carbocycles. The molecule has 0 spiro atoms. The van der Waals surface area contributed by atoms with Crippen molar-refractivity contribution in [2.75, 3.05) is 26.0 Å². The van der Waals surface area contributed by atoms with E-state index >= 15 is 0 Å². The Labute approximate surface area is 290 Å². The van der Waals surface area contributed by atoms with Gasteiger partial charge >= 0.3 is 0 Å². The van der Waals surface area contributed by atoms with Crippen LogP contribution in [0.15, 0.2) is 60.7 Å². The number of carbonyl (C=O) groups excluding carboxylic acids is 2. The van der Waals surface area contributed by atoms with Gasteiger partial charge in [-0.1, -0.05) is 89.0 Å². The van der Waals surface area contributed by atoms with Gasteiger partial charge in [0.05, 0.1) is 34.8 Å². The largest absolute Gasteiger partial charge is 0.495 e. The fourth-order valence-electron chi connectivity index (χ4n) is 4.42. The summed E-state index contributed by atoms with van der Waals surface area (Å²) in [6.45, 7) is 17.3. The minimum absolute atomic E-state index is 0.0848. The van der Waals surface area contributed by atoms with Crippen molar-refractivity contribution >= 4 is 41.6 Å². The Kier molecular flexibility index (Phi) is 24.6. The summed E-state index contributed by atoms with van der Waals surface area (Å²) in [4.78, 5) is 19.5. The number of nitrogens with zero attached hydrogens (tertiary/aromatic N) is 1. The third kappa shape index (κ3) is 18.3. The van der Waals surface area contributed by atoms with Crippen molar-refractivity contribution in [2.24, 2.45) is 11.3 Å². The number of hydrogen-bond acceptors (Lipinski definition) is 5. The molecule has 0 aliphatic carbocycles. The van der Waals surface area contributed by atoms with Gasteiger partial charge in [-0.2, -0.15) is 5.26 Å². The molecule has 2 atom stereocenters. The normalized spacial score (nSPS) is 11.1. The first-order valence-corrected chi connectivity index (χ1v) is 16.2. The van der Waals surface area contributed by atoms with Gasteiger partial charge in [-0.3, -0.25) is 4.79 Å². The summed E-state index contributed by atoms with van der Waals surface area (Å²) >= 11 is 11.1. The first-order chi connectivity index (χ1) is 22.3. The average molecular weight is 695 g/mol. The van der Waals surface area contributed by atoms with Crippen LogP contribution in [0.25, 0.3) is 0 Å². The molecule has 0 fully saturated rings. The van der Waals surface area contributed by atoms with E-state index in [2.05, 4.69) is 44.4 Å². The molecule has 3 aromatic rings. The number of methoxy groups -OCH3 is 1. The lowest BCUT2D eigenvalue weighted by Crippen LogP contribution is -2.22. The van der Waals surface area contributed by atoms with Crippen LogP contribution in [0.3, 0.4) is 0 Å². The lowest BCUT2D eigenvalue weighted by atomic mass is 9.82. The van der Waals surface area contributed by atoms with Crippen LogP contribution in [0, 0.1) is 34.3 Å². The van der Waals surface area contributed by atoms with Crippen LogP contribution in [0.4, 0.5) is 14.5 Å². The van der Waals surface area contributed by atoms with Crippen LogP contribution in [0.2, 0.25) is 10.0 Å². The maximum absolute atomic E-state index is 14.0. The van der Waals surface area contributed by atoms with Gasteiger partial charge in [0.15, 0.2) is 0 Å². The Bertz CT molecular complexity index is 1340. The fraction of sp³-hybridized carbons (Fsp3) is 0.432. The van der Waals surface area contributed by atoms with E-state index in [-0.39, 0.29) is 27.2 Å². The smallest absolute Gasteiger partial charge is 0.251 e. The van der Waals surface area contributed by atoms with Crippen LogP contribution in [-0.2, 0) is 4.79 Å². The molecule has 0 aliphatic heterocycles. The van der Waals surface area contributed by atoms with E-state index in [0.29, 0.717) is 35.8 Å². The summed E-state index contributed by atoms with van der Waals surface area (Å²) in [5.74, 6) is -0.137. The minimum Gasteiger partial charge on any atom is -0.495 e. The van der Waals surface area contributed by atoms with Crippen molar-refractivity contribution in [1.82, 2.24) is 5.32 Å². The van der Waals surface area contributed by atoms with Crippen LogP contribution in [0.5, 0.6) is 5.75 Å². The molecule has 1 amide bonds. The maximum atomic E-state index is 14.0. The van der Waals surface area contributed by atoms with Crippen molar-refractivity contribution in [1.29, 1.82) is 5.26 Å². The first-order valence-electron chi connectivity index (χ1n) is 15.4. The summed E-state index contributed by atoms with van der Waals surface area (Å²) in [6.07, 6.45) is 2.69. The quantitative estimate of drug-likeness (QED) is 0.233. The van der Waals surface area contributed by atoms with Crippen LogP contribution >= 0.6 is 23.2 Å². The molecule has 0 saturated heterocycles. The molecule has 10 heteroatoms. The zero-order valence-corrected chi connectivity index (χ0v) is 30.7. The van der Waals surface area contributed by atoms with Crippen molar-refractivity contribution in [3.63, 3.8) is 0 Å². The maximum Gasteiger partial charge on any atom is 0.251 e. The van der Waals surface area contributed by atoms with Gasteiger partial charge in [-0.05, 0) is 73.9 Å². The molecule has 0 heterocycles. The highest BCUT2D eigenvalue weighted by Crippen LogP contribution is 2.32. The zero-order valence-electron chi connectivity index (χ0n) is 29.1. The zero-order chi connectivity index (χ0) is 36.6. The molecular formula is C37H51Cl2F2N3O3. The number of hydrogen-bond donors (Lipinski definition) is 2. The van der Waals surface area contributed by atoms with E-state index in [1.54, 1.807) is 43.5 Å². The Morgan fingerprint density at radius 1 is 1.00 bits per heavy atom. The van der Waals surface area contributed by atoms with E-state index in [1.165, 1.54) is 18.2 Å². The summed E-state index contributed by atoms with van der Waals surface area (Å²) in [5, 5.41) is 15.3. The molecule has 0 radical (unpaired) electrons. The van der Waals surface area contributed by atoms with E-state index in [0.717, 1.165) is 18.5 Å². The predicted octanol–water partition coefficient (Wildman–Crippen LogP) is 10.7. The van der Waals surface area contributed by atoms with Crippen molar-refractivity contribution in [3.05, 3.63) is 93.5 Å². The number of halogens is 4. The molecule has 47 heavy (non-hydrogen) atoms. The second kappa shape index (κ2) is 25.4. The Morgan fingerprint density at radius 2 is 1.60 bits per heavy atom. The van der Waals surface area contributed by atoms with Gasteiger partial charge in [0.25, 0.3) is 5.91 Å². The fourth-order valence-corrected chi connectivity index (χ4v) is 4.74. The number of nitrogens with one attached hydrogen (secondary N) is 2. The third-order valence-corrected chi connectivity index (χ3v) is 6.91. The minimum atomic E-state index is -0.454. The predicted molar refractivity (Wildman–Crippen MR) is 193 cm³/mol. The third-order valence-electron chi connectivity index (χ3n) is 6.32. The highest BCUT2D eigenvalue weighted by molar-refractivity contribution is 6.31. The number of amides is 1. The molecule has 0 aromatic heterocycles. The van der Waals surface area contributed by atoms with E-state index in [1.807, 2.05) is 40.7 Å². The summed E-state index contributed by atoms with van der Waals surface area (Å²) in [5.41, 5.74) is 2.17. The lowest BCUT2D eigenvalue weighted by molar-refractivity contribution is -0.0980. The van der Waals surface area contributed by atoms with E-state index in [4.69, 9.17) is 32.7 Å². The van der Waals surface area contributed by atoms with Gasteiger partial charge in [0.2, 0.25) is 0 Å². The second-order valence-corrected chi connectivity index (χ2v) is 12.0. The molecule has 2 unspecified atom stereocenters. The van der Waals surface area contributed by atoms with Gasteiger partial charge < -0.3 is 20.2 Å². The Morgan fingerprint density at radius 3 is 2.06 bits per heavy atom. The van der Waals surface area contributed by atoms with Crippen LogP contribution in [0.1, 0.15) is 89.6 Å². The topological polar surface area (TPSA) is 91.2 Å². The van der Waals surface area contributed by atoms with Gasteiger partial charge in [0, 0.05) is 24.7 Å². The number of ether oxygens (including phenoxy) is 1. The van der Waals surface area contributed by atoms with E-state index < -0.39 is 11.7 Å². The molecule has 0 bridgehead atoms. The molecule has 0 aliphatic rings. The number of nitriles is 1. The van der Waals surface area contributed by atoms with Crippen molar-refractivity contribution in [3.8, 4) is 11.8 Å². The molecular weight excluding hydrogens is 643 g/mol. The lowest BCUT2D eigenvalue weighted by Gasteiger charge is -2.23. The Hall–Kier alpha value is -3.67. The standard InChI is InChI=1S/C17H23ClFN.C11H16N2O2.C6H4ClF.C2H6.CH2O/c1-12(10-17(2,3)4)8-9-13(11-20)14-6-5-7-15(18)16(14)19;1-4-13-11(14)8-5-6-9(12-2)10(7-8)15-3;7-5-3-1-2-4-6(5)8;2*1-2/h5-7,12-13H,8-10H2,1-4H3;5-7,12H,4H2,1-3H3,(H,13,14);1-4H;1-2H3;1H2. The SMILES string of the molecule is C=O.CC.CC(CCC(C#N)c1cccc(Cl)c1F)CC(C)(C)C.CCNC(=O)c1ccc(NC)c(OC)c1.Fc1ccccc1Cl. The molecule has 3 rings (SSSR count). The average Bonchev–Trinajstić information content (AvgIpc) is 3.06. The molecule has 2 N–H and O–H groups in total. The number of benzene rings is 3. The highest BCUT2D eigenvalue weighted by atomic mass is 35.5. The molecule has 260 valence electrons. The van der Waals surface area contributed by atoms with Gasteiger partial charge in [-0.15, -0.1) is 0 Å². The van der Waals surface area contributed by atoms with Crippen LogP contribution < -0.4 is 15.4 Å². The van der Waals surface area contributed by atoms with Gasteiger partial charge in [0.1, 0.15) is 24.2 Å². The number of rotatable bonds is 9. The van der Waals surface area contributed by atoms with Crippen LogP contribution in [-0.4, -0.2) is 33.4 Å². The molecule has 3 aromatic carbocycles. The highest BCUT2D eigenvalue weighted by Gasteiger charge is 2.20. The second-order valence-electron chi connectivity index (χ2n) is 11.2. The molecule has 6 nitrogen and oxygen atoms in total. The number of anilines is 1. The van der Waals surface area contributed by atoms with Crippen molar-refractivity contribution in [2.45, 2.75) is 73.6 Å². The Balaban J connectivity index is 0. The van der Waals surface area contributed by atoms with Gasteiger partial charge in [-0.25, -0.2) is 8.78 Å². The summed E-state index contributed by atoms with van der Waals surface area (Å²) in [6, 6.07) is 18.5. The van der Waals surface area contributed by atoms with Crippen molar-refractivity contribution < 1.29 is 23.1 Å². The summed E-state index contributed by atoms with van der Waals surface area (Å²) < 4.78 is 31.3. The first kappa shape index (κ1) is 45.5.